The Bertz CT molecular complexity index is 669. The highest BCUT2D eigenvalue weighted by Crippen LogP contribution is 2.39. The van der Waals surface area contributed by atoms with Crippen LogP contribution in [-0.4, -0.2) is 51.1 Å². The van der Waals surface area contributed by atoms with E-state index in [1.54, 1.807) is 0 Å². The van der Waals surface area contributed by atoms with E-state index in [0.29, 0.717) is 12.8 Å². The minimum Gasteiger partial charge on any atom is -0.370 e. The van der Waals surface area contributed by atoms with Gasteiger partial charge < -0.3 is 15.1 Å². The van der Waals surface area contributed by atoms with Gasteiger partial charge in [0.2, 0.25) is 11.8 Å². The lowest BCUT2D eigenvalue weighted by molar-refractivity contribution is -0.134. The number of benzene rings is 1. The van der Waals surface area contributed by atoms with Crippen molar-refractivity contribution >= 4 is 23.2 Å². The third kappa shape index (κ3) is 2.55. The Morgan fingerprint density at radius 3 is 2.75 bits per heavy atom. The fourth-order valence-corrected chi connectivity index (χ4v) is 4.22. The standard InChI is InChI=1S/C18H24N4O2/c1-19-9-12-10-21(11-12)14-3-2-4-15-13(14)7-8-22(15)16-5-6-17(23)20-18(16)24/h2-4,12,16,19H,5-11H2,1H3,(H,20,23,24)/t16-/m1/s1. The van der Waals surface area contributed by atoms with Gasteiger partial charge in [0.05, 0.1) is 0 Å². The van der Waals surface area contributed by atoms with E-state index in [1.807, 2.05) is 7.05 Å². The molecule has 2 saturated heterocycles. The molecule has 1 atom stereocenters. The molecule has 3 aliphatic heterocycles. The molecule has 2 fully saturated rings. The summed E-state index contributed by atoms with van der Waals surface area (Å²) in [6.45, 7) is 4.10. The van der Waals surface area contributed by atoms with Crippen LogP contribution in [0.25, 0.3) is 0 Å². The predicted octanol–water partition coefficient (Wildman–Crippen LogP) is 0.510. The molecule has 0 unspecified atom stereocenters. The van der Waals surface area contributed by atoms with Crippen molar-refractivity contribution < 1.29 is 9.59 Å². The van der Waals surface area contributed by atoms with E-state index in [0.717, 1.165) is 38.5 Å². The van der Waals surface area contributed by atoms with Gasteiger partial charge in [0.15, 0.2) is 0 Å². The molecule has 0 bridgehead atoms. The maximum atomic E-state index is 12.2. The molecule has 6 heteroatoms. The number of carbonyl (C=O) groups excluding carboxylic acids is 2. The highest BCUT2D eigenvalue weighted by molar-refractivity contribution is 6.02. The van der Waals surface area contributed by atoms with Crippen molar-refractivity contribution in [3.8, 4) is 0 Å². The van der Waals surface area contributed by atoms with E-state index in [9.17, 15) is 9.59 Å². The summed E-state index contributed by atoms with van der Waals surface area (Å²) in [4.78, 5) is 28.2. The third-order valence-corrected chi connectivity index (χ3v) is 5.42. The molecule has 0 aliphatic carbocycles. The van der Waals surface area contributed by atoms with Gasteiger partial charge in [-0.05, 0) is 32.0 Å². The summed E-state index contributed by atoms with van der Waals surface area (Å²) in [6.07, 6.45) is 2.01. The maximum Gasteiger partial charge on any atom is 0.249 e. The number of carbonyl (C=O) groups is 2. The molecule has 3 heterocycles. The van der Waals surface area contributed by atoms with Crippen LogP contribution in [0.3, 0.4) is 0 Å². The van der Waals surface area contributed by atoms with Crippen molar-refractivity contribution in [3.63, 3.8) is 0 Å². The first-order valence-electron chi connectivity index (χ1n) is 8.79. The number of amides is 2. The van der Waals surface area contributed by atoms with E-state index in [-0.39, 0.29) is 17.9 Å². The molecule has 1 aromatic carbocycles. The monoisotopic (exact) mass is 328 g/mol. The number of anilines is 2. The highest BCUT2D eigenvalue weighted by atomic mass is 16.2. The molecule has 0 aromatic heterocycles. The van der Waals surface area contributed by atoms with Crippen molar-refractivity contribution in [2.45, 2.75) is 25.3 Å². The Morgan fingerprint density at radius 1 is 1.21 bits per heavy atom. The summed E-state index contributed by atoms with van der Waals surface area (Å²) in [5.41, 5.74) is 3.83. The number of hydrogen-bond acceptors (Lipinski definition) is 5. The Labute approximate surface area is 142 Å². The molecular formula is C18H24N4O2. The van der Waals surface area contributed by atoms with Crippen LogP contribution in [0.5, 0.6) is 0 Å². The van der Waals surface area contributed by atoms with E-state index < -0.39 is 0 Å². The zero-order valence-electron chi connectivity index (χ0n) is 14.0. The number of piperidine rings is 1. The lowest BCUT2D eigenvalue weighted by Gasteiger charge is -2.42. The van der Waals surface area contributed by atoms with Crippen molar-refractivity contribution in [2.24, 2.45) is 5.92 Å². The third-order valence-electron chi connectivity index (χ3n) is 5.42. The van der Waals surface area contributed by atoms with Crippen LogP contribution in [0.15, 0.2) is 18.2 Å². The first-order valence-corrected chi connectivity index (χ1v) is 8.79. The van der Waals surface area contributed by atoms with Crippen LogP contribution in [-0.2, 0) is 16.0 Å². The summed E-state index contributed by atoms with van der Waals surface area (Å²) in [5, 5.41) is 5.73. The van der Waals surface area contributed by atoms with Gasteiger partial charge >= 0.3 is 0 Å². The van der Waals surface area contributed by atoms with Crippen molar-refractivity contribution in [1.29, 1.82) is 0 Å². The Morgan fingerprint density at radius 2 is 2.00 bits per heavy atom. The minimum atomic E-state index is -0.215. The zero-order chi connectivity index (χ0) is 16.7. The van der Waals surface area contributed by atoms with Crippen molar-refractivity contribution in [3.05, 3.63) is 23.8 Å². The average Bonchev–Trinajstić information content (AvgIpc) is 2.95. The molecule has 128 valence electrons. The lowest BCUT2D eigenvalue weighted by atomic mass is 9.97. The smallest absolute Gasteiger partial charge is 0.249 e. The Balaban J connectivity index is 1.53. The summed E-state index contributed by atoms with van der Waals surface area (Å²) < 4.78 is 0. The number of fused-ring (bicyclic) bond motifs is 1. The summed E-state index contributed by atoms with van der Waals surface area (Å²) >= 11 is 0. The molecule has 24 heavy (non-hydrogen) atoms. The minimum absolute atomic E-state index is 0.150. The van der Waals surface area contributed by atoms with Crippen LogP contribution in [0.1, 0.15) is 18.4 Å². The zero-order valence-corrected chi connectivity index (χ0v) is 14.0. The fraction of sp³-hybridized carbons (Fsp3) is 0.556. The number of nitrogens with one attached hydrogen (secondary N) is 2. The topological polar surface area (TPSA) is 64.7 Å². The summed E-state index contributed by atoms with van der Waals surface area (Å²) in [6, 6.07) is 6.18. The number of rotatable bonds is 4. The first kappa shape index (κ1) is 15.4. The molecule has 2 amide bonds. The van der Waals surface area contributed by atoms with Gasteiger partial charge in [0, 0.05) is 55.5 Å². The quantitative estimate of drug-likeness (QED) is 0.789. The molecule has 1 aromatic rings. The molecule has 3 aliphatic rings. The van der Waals surface area contributed by atoms with Gasteiger partial charge in [-0.15, -0.1) is 0 Å². The Hall–Kier alpha value is -2.08. The molecule has 4 rings (SSSR count). The number of nitrogens with zero attached hydrogens (tertiary/aromatic N) is 2. The van der Waals surface area contributed by atoms with Crippen molar-refractivity contribution in [2.75, 3.05) is 43.0 Å². The highest BCUT2D eigenvalue weighted by Gasteiger charge is 2.37. The molecule has 0 spiro atoms. The van der Waals surface area contributed by atoms with Crippen LogP contribution >= 0.6 is 0 Å². The van der Waals surface area contributed by atoms with Crippen LogP contribution in [0, 0.1) is 5.92 Å². The van der Waals surface area contributed by atoms with Gasteiger partial charge in [-0.1, -0.05) is 6.07 Å². The molecular weight excluding hydrogens is 304 g/mol. The summed E-state index contributed by atoms with van der Waals surface area (Å²) in [7, 11) is 2.00. The van der Waals surface area contributed by atoms with E-state index in [4.69, 9.17) is 0 Å². The predicted molar refractivity (Wildman–Crippen MR) is 93.3 cm³/mol. The first-order chi connectivity index (χ1) is 11.7. The fourth-order valence-electron chi connectivity index (χ4n) is 4.22. The lowest BCUT2D eigenvalue weighted by Crippen LogP contribution is -2.52. The average molecular weight is 328 g/mol. The van der Waals surface area contributed by atoms with Gasteiger partial charge in [-0.2, -0.15) is 0 Å². The molecule has 6 nitrogen and oxygen atoms in total. The summed E-state index contributed by atoms with van der Waals surface area (Å²) in [5.74, 6) is 0.418. The van der Waals surface area contributed by atoms with Crippen molar-refractivity contribution in [1.82, 2.24) is 10.6 Å². The second kappa shape index (κ2) is 6.09. The SMILES string of the molecule is CNCC1CN(c2cccc3c2CCN3[C@@H]2CCC(=O)NC2=O)C1. The van der Waals surface area contributed by atoms with Crippen LogP contribution in [0.2, 0.25) is 0 Å². The molecule has 0 saturated carbocycles. The Kier molecular flexibility index (Phi) is 3.92. The second-order valence-corrected chi connectivity index (χ2v) is 7.01. The molecule has 0 radical (unpaired) electrons. The number of imide groups is 1. The van der Waals surface area contributed by atoms with Gasteiger partial charge in [0.25, 0.3) is 0 Å². The van der Waals surface area contributed by atoms with Crippen LogP contribution < -0.4 is 20.4 Å². The maximum absolute atomic E-state index is 12.2. The van der Waals surface area contributed by atoms with Gasteiger partial charge in [-0.3, -0.25) is 14.9 Å². The van der Waals surface area contributed by atoms with E-state index in [1.165, 1.54) is 16.9 Å². The van der Waals surface area contributed by atoms with E-state index >= 15 is 0 Å². The van der Waals surface area contributed by atoms with E-state index in [2.05, 4.69) is 38.6 Å². The second-order valence-electron chi connectivity index (χ2n) is 7.01. The van der Waals surface area contributed by atoms with Crippen LogP contribution in [0.4, 0.5) is 11.4 Å². The normalized spacial score (nSPS) is 24.0. The largest absolute Gasteiger partial charge is 0.370 e. The van der Waals surface area contributed by atoms with Gasteiger partial charge in [-0.25, -0.2) is 0 Å². The van der Waals surface area contributed by atoms with Gasteiger partial charge in [0.1, 0.15) is 6.04 Å². The number of hydrogen-bond donors (Lipinski definition) is 2. The molecule has 2 N–H and O–H groups in total.